The highest BCUT2D eigenvalue weighted by atomic mass is 16.5. The van der Waals surface area contributed by atoms with Gasteiger partial charge in [0.05, 0.1) is 19.8 Å². The number of aryl methyl sites for hydroxylation is 1. The second-order valence-corrected chi connectivity index (χ2v) is 6.38. The minimum atomic E-state index is -0.340. The van der Waals surface area contributed by atoms with Gasteiger partial charge < -0.3 is 13.9 Å². The van der Waals surface area contributed by atoms with Crippen molar-refractivity contribution in [1.82, 2.24) is 4.90 Å². The number of methoxy groups -OCH3 is 1. The summed E-state index contributed by atoms with van der Waals surface area (Å²) >= 11 is 0. The van der Waals surface area contributed by atoms with Crippen molar-refractivity contribution in [1.29, 1.82) is 0 Å². The molecule has 1 fully saturated rings. The number of piperidine rings is 1. The van der Waals surface area contributed by atoms with Gasteiger partial charge in [0.2, 0.25) is 0 Å². The Kier molecular flexibility index (Phi) is 6.03. The highest BCUT2D eigenvalue weighted by Gasteiger charge is 2.22. The number of likely N-dealkylation sites (tertiary alicyclic amines) is 1. The average molecular weight is 309 g/mol. The quantitative estimate of drug-likeness (QED) is 0.756. The molecule has 0 N–H and O–H groups in total. The maximum atomic E-state index is 11.6. The Morgan fingerprint density at radius 3 is 2.68 bits per heavy atom. The summed E-state index contributed by atoms with van der Waals surface area (Å²) in [5.74, 6) is 1.69. The van der Waals surface area contributed by atoms with E-state index < -0.39 is 0 Å². The lowest BCUT2D eigenvalue weighted by atomic mass is 10.1. The predicted molar refractivity (Wildman–Crippen MR) is 83.9 cm³/mol. The van der Waals surface area contributed by atoms with E-state index in [4.69, 9.17) is 13.9 Å². The molecule has 0 bridgehead atoms. The number of carbonyl (C=O) groups is 1. The minimum absolute atomic E-state index is 0.340. The molecule has 5 nitrogen and oxygen atoms in total. The first kappa shape index (κ1) is 17.0. The van der Waals surface area contributed by atoms with Crippen LogP contribution in [0.3, 0.4) is 0 Å². The molecule has 1 aromatic heterocycles. The van der Waals surface area contributed by atoms with Crippen LogP contribution in [0.25, 0.3) is 0 Å². The van der Waals surface area contributed by atoms with Crippen LogP contribution in [0.2, 0.25) is 0 Å². The lowest BCUT2D eigenvalue weighted by Gasteiger charge is -2.31. The van der Waals surface area contributed by atoms with Crippen molar-refractivity contribution in [2.24, 2.45) is 5.92 Å². The van der Waals surface area contributed by atoms with E-state index in [1.54, 1.807) is 13.0 Å². The van der Waals surface area contributed by atoms with Crippen molar-refractivity contribution in [3.05, 3.63) is 23.2 Å². The number of carbonyl (C=O) groups excluding carboxylic acids is 1. The molecule has 0 atom stereocenters. The molecule has 0 saturated carbocycles. The molecule has 1 aliphatic rings. The highest BCUT2D eigenvalue weighted by Crippen LogP contribution is 2.20. The van der Waals surface area contributed by atoms with Crippen molar-refractivity contribution in [2.45, 2.75) is 46.3 Å². The molecule has 0 aromatic carbocycles. The molecule has 1 saturated heterocycles. The van der Waals surface area contributed by atoms with E-state index in [-0.39, 0.29) is 5.97 Å². The first-order chi connectivity index (χ1) is 10.5. The fourth-order valence-corrected chi connectivity index (χ4v) is 2.72. The molecular weight excluding hydrogens is 282 g/mol. The summed E-state index contributed by atoms with van der Waals surface area (Å²) in [7, 11) is 1.39. The van der Waals surface area contributed by atoms with Gasteiger partial charge in [0.25, 0.3) is 0 Å². The van der Waals surface area contributed by atoms with Crippen LogP contribution in [-0.4, -0.2) is 43.8 Å². The Morgan fingerprint density at radius 1 is 1.41 bits per heavy atom. The highest BCUT2D eigenvalue weighted by molar-refractivity contribution is 5.90. The van der Waals surface area contributed by atoms with E-state index in [2.05, 4.69) is 18.7 Å². The van der Waals surface area contributed by atoms with E-state index in [0.29, 0.717) is 23.3 Å². The van der Waals surface area contributed by atoms with E-state index in [0.717, 1.165) is 44.8 Å². The molecule has 0 radical (unpaired) electrons. The third-order valence-electron chi connectivity index (χ3n) is 3.95. The predicted octanol–water partition coefficient (Wildman–Crippen LogP) is 3.01. The summed E-state index contributed by atoms with van der Waals surface area (Å²) in [5, 5.41) is 0. The summed E-state index contributed by atoms with van der Waals surface area (Å²) in [6, 6.07) is 1.79. The van der Waals surface area contributed by atoms with Crippen molar-refractivity contribution in [2.75, 3.05) is 26.8 Å². The monoisotopic (exact) mass is 309 g/mol. The van der Waals surface area contributed by atoms with Gasteiger partial charge in [-0.25, -0.2) is 4.79 Å². The van der Waals surface area contributed by atoms with Gasteiger partial charge in [-0.3, -0.25) is 4.90 Å². The van der Waals surface area contributed by atoms with Crippen LogP contribution < -0.4 is 0 Å². The Hall–Kier alpha value is -1.33. The number of esters is 1. The summed E-state index contributed by atoms with van der Waals surface area (Å²) < 4.78 is 16.3. The SMILES string of the molecule is COC(=O)c1cc(CN2CCC(OCC(C)C)CC2)oc1C. The molecule has 0 spiro atoms. The Morgan fingerprint density at radius 2 is 2.09 bits per heavy atom. The van der Waals surface area contributed by atoms with Gasteiger partial charge in [-0.1, -0.05) is 13.8 Å². The molecule has 0 aliphatic carbocycles. The molecule has 22 heavy (non-hydrogen) atoms. The Bertz CT molecular complexity index is 487. The maximum absolute atomic E-state index is 11.6. The fourth-order valence-electron chi connectivity index (χ4n) is 2.72. The van der Waals surface area contributed by atoms with E-state index in [1.165, 1.54) is 7.11 Å². The molecule has 2 heterocycles. The standard InChI is InChI=1S/C17H27NO4/c1-12(2)11-21-14-5-7-18(8-6-14)10-15-9-16(13(3)22-15)17(19)20-4/h9,12,14H,5-8,10-11H2,1-4H3. The van der Waals surface area contributed by atoms with Crippen LogP contribution in [-0.2, 0) is 16.0 Å². The van der Waals surface area contributed by atoms with Crippen LogP contribution in [0.5, 0.6) is 0 Å². The van der Waals surface area contributed by atoms with Crippen LogP contribution in [0, 0.1) is 12.8 Å². The van der Waals surface area contributed by atoms with Crippen molar-refractivity contribution < 1.29 is 18.7 Å². The largest absolute Gasteiger partial charge is 0.465 e. The Balaban J connectivity index is 1.82. The molecular formula is C17H27NO4. The van der Waals surface area contributed by atoms with Crippen LogP contribution in [0.1, 0.15) is 48.6 Å². The van der Waals surface area contributed by atoms with Gasteiger partial charge in [0, 0.05) is 19.7 Å². The zero-order chi connectivity index (χ0) is 16.1. The fraction of sp³-hybridized carbons (Fsp3) is 0.706. The third kappa shape index (κ3) is 4.58. The van der Waals surface area contributed by atoms with Gasteiger partial charge in [-0.2, -0.15) is 0 Å². The van der Waals surface area contributed by atoms with Crippen molar-refractivity contribution >= 4 is 5.97 Å². The van der Waals surface area contributed by atoms with Gasteiger partial charge in [0.1, 0.15) is 17.1 Å². The molecule has 1 aromatic rings. The number of furan rings is 1. The van der Waals surface area contributed by atoms with Crippen LogP contribution in [0.4, 0.5) is 0 Å². The second kappa shape index (κ2) is 7.79. The zero-order valence-electron chi connectivity index (χ0n) is 14.1. The normalized spacial score (nSPS) is 17.1. The average Bonchev–Trinajstić information content (AvgIpc) is 2.86. The number of rotatable bonds is 6. The van der Waals surface area contributed by atoms with Gasteiger partial charge >= 0.3 is 5.97 Å². The molecule has 2 rings (SSSR count). The lowest BCUT2D eigenvalue weighted by molar-refractivity contribution is -0.00686. The summed E-state index contributed by atoms with van der Waals surface area (Å²) in [4.78, 5) is 13.9. The number of ether oxygens (including phenoxy) is 2. The number of hydrogen-bond acceptors (Lipinski definition) is 5. The van der Waals surface area contributed by atoms with Crippen LogP contribution >= 0.6 is 0 Å². The first-order valence-electron chi connectivity index (χ1n) is 8.01. The first-order valence-corrected chi connectivity index (χ1v) is 8.01. The van der Waals surface area contributed by atoms with Gasteiger partial charge in [-0.15, -0.1) is 0 Å². The number of hydrogen-bond donors (Lipinski definition) is 0. The van der Waals surface area contributed by atoms with Gasteiger partial charge in [-0.05, 0) is 31.7 Å². The van der Waals surface area contributed by atoms with E-state index >= 15 is 0 Å². The molecule has 1 aliphatic heterocycles. The van der Waals surface area contributed by atoms with Gasteiger partial charge in [0.15, 0.2) is 0 Å². The smallest absolute Gasteiger partial charge is 0.341 e. The summed E-state index contributed by atoms with van der Waals surface area (Å²) in [5.41, 5.74) is 0.521. The zero-order valence-corrected chi connectivity index (χ0v) is 14.1. The van der Waals surface area contributed by atoms with E-state index in [9.17, 15) is 4.79 Å². The van der Waals surface area contributed by atoms with Crippen molar-refractivity contribution in [3.63, 3.8) is 0 Å². The minimum Gasteiger partial charge on any atom is -0.465 e. The van der Waals surface area contributed by atoms with Crippen LogP contribution in [0.15, 0.2) is 10.5 Å². The molecule has 124 valence electrons. The summed E-state index contributed by atoms with van der Waals surface area (Å²) in [6.45, 7) is 9.70. The molecule has 5 heteroatoms. The molecule has 0 unspecified atom stereocenters. The van der Waals surface area contributed by atoms with E-state index in [1.807, 2.05) is 0 Å². The third-order valence-corrected chi connectivity index (χ3v) is 3.95. The molecule has 0 amide bonds. The number of nitrogens with zero attached hydrogens (tertiary/aromatic N) is 1. The second-order valence-electron chi connectivity index (χ2n) is 6.38. The topological polar surface area (TPSA) is 51.9 Å². The maximum Gasteiger partial charge on any atom is 0.341 e. The van der Waals surface area contributed by atoms with Crippen molar-refractivity contribution in [3.8, 4) is 0 Å². The lowest BCUT2D eigenvalue weighted by Crippen LogP contribution is -2.36. The summed E-state index contributed by atoms with van der Waals surface area (Å²) in [6.07, 6.45) is 2.48. The Labute approximate surface area is 132 Å².